The molecule has 7 heteroatoms. The summed E-state index contributed by atoms with van der Waals surface area (Å²) in [5, 5.41) is 0. The van der Waals surface area contributed by atoms with E-state index in [1.807, 2.05) is 18.7 Å². The van der Waals surface area contributed by atoms with Gasteiger partial charge in [0, 0.05) is 38.2 Å². The standard InChI is InChI=1S/C28H33N5O2/c1-6-23-29-18(2)25(35-23)27(34)33-16-14-32(15-17-33)22-9-7-8-21-24(22)31-26(30-21)19-10-12-20(13-11-19)28(3,4)5/h7-13H,6,14-17H2,1-5H3,(H,30,31). The highest BCUT2D eigenvalue weighted by Gasteiger charge is 2.27. The van der Waals surface area contributed by atoms with Crippen LogP contribution in [0.25, 0.3) is 22.4 Å². The number of oxazole rings is 1. The number of hydrogen-bond donors (Lipinski definition) is 1. The van der Waals surface area contributed by atoms with Crippen LogP contribution in [0.15, 0.2) is 46.9 Å². The molecule has 1 saturated heterocycles. The Labute approximate surface area is 206 Å². The number of benzene rings is 2. The number of aromatic nitrogens is 3. The Kier molecular flexibility index (Phi) is 5.87. The van der Waals surface area contributed by atoms with Crippen LogP contribution in [0.5, 0.6) is 0 Å². The third-order valence-corrected chi connectivity index (χ3v) is 6.76. The monoisotopic (exact) mass is 471 g/mol. The minimum Gasteiger partial charge on any atom is -0.435 e. The fourth-order valence-corrected chi connectivity index (χ4v) is 4.63. The molecule has 0 bridgehead atoms. The number of aryl methyl sites for hydroxylation is 2. The van der Waals surface area contributed by atoms with E-state index in [1.165, 1.54) is 5.56 Å². The predicted octanol–water partition coefficient (Wildman–Crippen LogP) is 5.35. The summed E-state index contributed by atoms with van der Waals surface area (Å²) in [4.78, 5) is 30.0. The maximum Gasteiger partial charge on any atom is 0.291 e. The second-order valence-corrected chi connectivity index (χ2v) is 10.2. The second-order valence-electron chi connectivity index (χ2n) is 10.2. The van der Waals surface area contributed by atoms with Gasteiger partial charge in [-0.3, -0.25) is 4.79 Å². The molecule has 0 atom stereocenters. The first-order valence-corrected chi connectivity index (χ1v) is 12.3. The summed E-state index contributed by atoms with van der Waals surface area (Å²) in [5.41, 5.74) is 6.22. The summed E-state index contributed by atoms with van der Waals surface area (Å²) < 4.78 is 5.69. The SMILES string of the molecule is CCc1nc(C)c(C(=O)N2CCN(c3cccc4[nH]c(-c5ccc(C(C)(C)C)cc5)nc34)CC2)o1. The molecule has 0 unspecified atom stereocenters. The van der Waals surface area contributed by atoms with Gasteiger partial charge in [-0.1, -0.05) is 58.0 Å². The number of hydrogen-bond acceptors (Lipinski definition) is 5. The Morgan fingerprint density at radius 1 is 1.03 bits per heavy atom. The van der Waals surface area contributed by atoms with Crippen molar-refractivity contribution < 1.29 is 9.21 Å². The molecule has 5 rings (SSSR count). The van der Waals surface area contributed by atoms with E-state index < -0.39 is 0 Å². The molecule has 1 N–H and O–H groups in total. The topological polar surface area (TPSA) is 78.3 Å². The number of nitrogens with zero attached hydrogens (tertiary/aromatic N) is 4. The maximum absolute atomic E-state index is 13.0. The zero-order chi connectivity index (χ0) is 24.7. The molecule has 35 heavy (non-hydrogen) atoms. The number of piperazine rings is 1. The van der Waals surface area contributed by atoms with E-state index in [4.69, 9.17) is 9.40 Å². The van der Waals surface area contributed by atoms with Gasteiger partial charge in [0.05, 0.1) is 16.9 Å². The molecule has 0 radical (unpaired) electrons. The lowest BCUT2D eigenvalue weighted by atomic mass is 9.87. The largest absolute Gasteiger partial charge is 0.435 e. The number of nitrogens with one attached hydrogen (secondary N) is 1. The average Bonchev–Trinajstić information content (AvgIpc) is 3.46. The van der Waals surface area contributed by atoms with Crippen molar-refractivity contribution in [2.45, 2.75) is 46.5 Å². The van der Waals surface area contributed by atoms with Crippen molar-refractivity contribution in [3.8, 4) is 11.4 Å². The number of para-hydroxylation sites is 1. The fourth-order valence-electron chi connectivity index (χ4n) is 4.63. The molecule has 1 aliphatic heterocycles. The van der Waals surface area contributed by atoms with Crippen LogP contribution >= 0.6 is 0 Å². The Balaban J connectivity index is 1.34. The summed E-state index contributed by atoms with van der Waals surface area (Å²) in [5.74, 6) is 1.77. The zero-order valence-electron chi connectivity index (χ0n) is 21.2. The van der Waals surface area contributed by atoms with Crippen molar-refractivity contribution in [2.75, 3.05) is 31.1 Å². The first kappa shape index (κ1) is 23.1. The molecule has 3 heterocycles. The molecule has 0 aliphatic carbocycles. The number of amides is 1. The van der Waals surface area contributed by atoms with Gasteiger partial charge in [0.15, 0.2) is 5.89 Å². The van der Waals surface area contributed by atoms with Gasteiger partial charge in [0.1, 0.15) is 11.3 Å². The summed E-state index contributed by atoms with van der Waals surface area (Å²) in [6, 6.07) is 14.9. The number of H-pyrrole nitrogens is 1. The van der Waals surface area contributed by atoms with Crippen LogP contribution in [0, 0.1) is 6.92 Å². The smallest absolute Gasteiger partial charge is 0.291 e. The lowest BCUT2D eigenvalue weighted by Crippen LogP contribution is -2.49. The second kappa shape index (κ2) is 8.87. The van der Waals surface area contributed by atoms with Gasteiger partial charge in [-0.05, 0) is 30.0 Å². The molecule has 2 aromatic heterocycles. The van der Waals surface area contributed by atoms with E-state index in [9.17, 15) is 4.79 Å². The van der Waals surface area contributed by atoms with Crippen molar-refractivity contribution in [3.63, 3.8) is 0 Å². The number of imidazole rings is 1. The molecule has 4 aromatic rings. The average molecular weight is 472 g/mol. The fraction of sp³-hybridized carbons (Fsp3) is 0.393. The van der Waals surface area contributed by atoms with Gasteiger partial charge in [0.25, 0.3) is 5.91 Å². The Morgan fingerprint density at radius 2 is 1.74 bits per heavy atom. The van der Waals surface area contributed by atoms with Gasteiger partial charge < -0.3 is 19.2 Å². The van der Waals surface area contributed by atoms with Crippen LogP contribution in [0.4, 0.5) is 5.69 Å². The molecule has 7 nitrogen and oxygen atoms in total. The zero-order valence-corrected chi connectivity index (χ0v) is 21.2. The van der Waals surface area contributed by atoms with Crippen LogP contribution in [-0.4, -0.2) is 51.9 Å². The molecule has 2 aromatic carbocycles. The van der Waals surface area contributed by atoms with E-state index >= 15 is 0 Å². The lowest BCUT2D eigenvalue weighted by molar-refractivity contribution is 0.0712. The molecular formula is C28H33N5O2. The number of anilines is 1. The van der Waals surface area contributed by atoms with Crippen LogP contribution < -0.4 is 4.90 Å². The molecule has 1 fully saturated rings. The molecule has 1 aliphatic rings. The summed E-state index contributed by atoms with van der Waals surface area (Å²) in [7, 11) is 0. The van der Waals surface area contributed by atoms with Gasteiger partial charge in [-0.25, -0.2) is 9.97 Å². The quantitative estimate of drug-likeness (QED) is 0.434. The normalized spacial score (nSPS) is 14.7. The van der Waals surface area contributed by atoms with Crippen molar-refractivity contribution in [3.05, 3.63) is 65.4 Å². The van der Waals surface area contributed by atoms with E-state index in [0.29, 0.717) is 36.9 Å². The van der Waals surface area contributed by atoms with Gasteiger partial charge in [0.2, 0.25) is 5.76 Å². The number of carbonyl (C=O) groups is 1. The highest BCUT2D eigenvalue weighted by molar-refractivity contribution is 5.93. The molecule has 0 saturated carbocycles. The van der Waals surface area contributed by atoms with Crippen LogP contribution in [0.2, 0.25) is 0 Å². The van der Waals surface area contributed by atoms with Gasteiger partial charge in [-0.2, -0.15) is 0 Å². The van der Waals surface area contributed by atoms with Crippen molar-refractivity contribution in [1.82, 2.24) is 19.9 Å². The third-order valence-electron chi connectivity index (χ3n) is 6.76. The highest BCUT2D eigenvalue weighted by atomic mass is 16.4. The highest BCUT2D eigenvalue weighted by Crippen LogP contribution is 2.30. The van der Waals surface area contributed by atoms with E-state index in [1.54, 1.807) is 0 Å². The Hall–Kier alpha value is -3.61. The minimum absolute atomic E-state index is 0.0756. The molecule has 1 amide bonds. The van der Waals surface area contributed by atoms with Crippen molar-refractivity contribution >= 4 is 22.6 Å². The van der Waals surface area contributed by atoms with E-state index in [-0.39, 0.29) is 11.3 Å². The van der Waals surface area contributed by atoms with Crippen LogP contribution in [-0.2, 0) is 11.8 Å². The summed E-state index contributed by atoms with van der Waals surface area (Å²) in [6.07, 6.45) is 0.679. The number of rotatable bonds is 4. The van der Waals surface area contributed by atoms with Crippen molar-refractivity contribution in [2.24, 2.45) is 0 Å². The maximum atomic E-state index is 13.0. The van der Waals surface area contributed by atoms with Crippen molar-refractivity contribution in [1.29, 1.82) is 0 Å². The Bertz CT molecular complexity index is 1350. The third kappa shape index (κ3) is 4.43. The van der Waals surface area contributed by atoms with Crippen LogP contribution in [0.3, 0.4) is 0 Å². The van der Waals surface area contributed by atoms with Gasteiger partial charge in [-0.15, -0.1) is 0 Å². The number of aromatic amines is 1. The predicted molar refractivity (Wildman–Crippen MR) is 139 cm³/mol. The van der Waals surface area contributed by atoms with Gasteiger partial charge >= 0.3 is 0 Å². The first-order valence-electron chi connectivity index (χ1n) is 12.3. The Morgan fingerprint density at radius 3 is 2.37 bits per heavy atom. The van der Waals surface area contributed by atoms with E-state index in [0.717, 1.165) is 41.2 Å². The number of fused-ring (bicyclic) bond motifs is 1. The lowest BCUT2D eigenvalue weighted by Gasteiger charge is -2.35. The van der Waals surface area contributed by atoms with E-state index in [2.05, 4.69) is 78.1 Å². The van der Waals surface area contributed by atoms with Crippen LogP contribution in [0.1, 0.15) is 55.4 Å². The summed E-state index contributed by atoms with van der Waals surface area (Å²) >= 11 is 0. The molecule has 0 spiro atoms. The summed E-state index contributed by atoms with van der Waals surface area (Å²) in [6.45, 7) is 13.2. The molecular weight excluding hydrogens is 438 g/mol. The number of carbonyl (C=O) groups excluding carboxylic acids is 1. The first-order chi connectivity index (χ1) is 16.7. The minimum atomic E-state index is -0.0756. The molecule has 182 valence electrons.